The van der Waals surface area contributed by atoms with Crippen LogP contribution in [0.2, 0.25) is 0 Å². The van der Waals surface area contributed by atoms with Crippen LogP contribution in [-0.4, -0.2) is 23.3 Å². The Morgan fingerprint density at radius 1 is 1.25 bits per heavy atom. The molecule has 0 radical (unpaired) electrons. The van der Waals surface area contributed by atoms with Gasteiger partial charge in [0.25, 0.3) is 0 Å². The van der Waals surface area contributed by atoms with Crippen LogP contribution in [0.3, 0.4) is 0 Å². The molecule has 0 aliphatic carbocycles. The number of halogens is 1. The molecule has 1 atom stereocenters. The molecule has 0 saturated heterocycles. The molecule has 1 aromatic carbocycles. The average molecular weight is 246 g/mol. The van der Waals surface area contributed by atoms with Crippen LogP contribution >= 0.6 is 12.4 Å². The quantitative estimate of drug-likeness (QED) is 0.674. The summed E-state index contributed by atoms with van der Waals surface area (Å²) in [5, 5.41) is 22.0. The van der Waals surface area contributed by atoms with E-state index in [-0.39, 0.29) is 18.2 Å². The van der Waals surface area contributed by atoms with Crippen LogP contribution < -0.4 is 5.32 Å². The topological polar surface area (TPSA) is 52.5 Å². The second-order valence-electron chi connectivity index (χ2n) is 3.67. The molecule has 0 bridgehead atoms. The van der Waals surface area contributed by atoms with Crippen molar-refractivity contribution >= 4 is 12.4 Å². The standard InChI is InChI=1S/C12H19NO2.ClH/c1-2-3-8-13-9-12(15)10-4-6-11(14)7-5-10;/h4-7,12-15H,2-3,8-9H2,1H3;1H. The zero-order valence-corrected chi connectivity index (χ0v) is 10.3. The van der Waals surface area contributed by atoms with Crippen molar-refractivity contribution in [3.05, 3.63) is 29.8 Å². The van der Waals surface area contributed by atoms with Gasteiger partial charge in [0.05, 0.1) is 6.10 Å². The Balaban J connectivity index is 0.00000225. The molecular weight excluding hydrogens is 226 g/mol. The summed E-state index contributed by atoms with van der Waals surface area (Å²) in [6.45, 7) is 3.63. The van der Waals surface area contributed by atoms with Gasteiger partial charge in [0.2, 0.25) is 0 Å². The Bertz CT molecular complexity index is 277. The largest absolute Gasteiger partial charge is 0.508 e. The van der Waals surface area contributed by atoms with E-state index in [4.69, 9.17) is 5.11 Å². The third kappa shape index (κ3) is 5.35. The van der Waals surface area contributed by atoms with Crippen LogP contribution in [-0.2, 0) is 0 Å². The summed E-state index contributed by atoms with van der Waals surface area (Å²) in [7, 11) is 0. The number of unbranched alkanes of at least 4 members (excludes halogenated alkanes) is 1. The SMILES string of the molecule is CCCCNCC(O)c1ccc(O)cc1.Cl. The van der Waals surface area contributed by atoms with E-state index in [0.29, 0.717) is 6.54 Å². The van der Waals surface area contributed by atoms with Crippen molar-refractivity contribution in [1.82, 2.24) is 5.32 Å². The van der Waals surface area contributed by atoms with E-state index < -0.39 is 6.10 Å². The highest BCUT2D eigenvalue weighted by molar-refractivity contribution is 5.85. The molecule has 1 unspecified atom stereocenters. The first-order valence-electron chi connectivity index (χ1n) is 5.41. The minimum absolute atomic E-state index is 0. The molecule has 3 N–H and O–H groups in total. The van der Waals surface area contributed by atoms with Crippen molar-refractivity contribution in [1.29, 1.82) is 0 Å². The lowest BCUT2D eigenvalue weighted by molar-refractivity contribution is 0.174. The van der Waals surface area contributed by atoms with Crippen molar-refractivity contribution in [2.45, 2.75) is 25.9 Å². The van der Waals surface area contributed by atoms with E-state index >= 15 is 0 Å². The maximum atomic E-state index is 9.77. The molecule has 92 valence electrons. The van der Waals surface area contributed by atoms with Gasteiger partial charge in [-0.05, 0) is 30.7 Å². The lowest BCUT2D eigenvalue weighted by atomic mass is 10.1. The van der Waals surface area contributed by atoms with Crippen LogP contribution in [0.4, 0.5) is 0 Å². The summed E-state index contributed by atoms with van der Waals surface area (Å²) in [5.41, 5.74) is 0.830. The van der Waals surface area contributed by atoms with E-state index in [9.17, 15) is 5.11 Å². The van der Waals surface area contributed by atoms with Gasteiger partial charge >= 0.3 is 0 Å². The van der Waals surface area contributed by atoms with Gasteiger partial charge < -0.3 is 15.5 Å². The molecule has 0 heterocycles. The second-order valence-corrected chi connectivity index (χ2v) is 3.67. The summed E-state index contributed by atoms with van der Waals surface area (Å²) >= 11 is 0. The van der Waals surface area contributed by atoms with Crippen molar-refractivity contribution in [2.24, 2.45) is 0 Å². The predicted octanol–water partition coefficient (Wildman–Crippen LogP) is 2.24. The third-order valence-corrected chi connectivity index (χ3v) is 2.32. The zero-order chi connectivity index (χ0) is 11.1. The number of phenolic OH excluding ortho intramolecular Hbond substituents is 1. The normalized spacial score (nSPS) is 11.9. The third-order valence-electron chi connectivity index (χ3n) is 2.32. The number of nitrogens with one attached hydrogen (secondary N) is 1. The number of aliphatic hydroxyl groups excluding tert-OH is 1. The molecule has 0 saturated carbocycles. The fourth-order valence-corrected chi connectivity index (χ4v) is 1.35. The molecular formula is C12H20ClNO2. The summed E-state index contributed by atoms with van der Waals surface area (Å²) in [5.74, 6) is 0.227. The molecule has 16 heavy (non-hydrogen) atoms. The van der Waals surface area contributed by atoms with Gasteiger partial charge in [-0.25, -0.2) is 0 Å². The summed E-state index contributed by atoms with van der Waals surface area (Å²) in [4.78, 5) is 0. The monoisotopic (exact) mass is 245 g/mol. The highest BCUT2D eigenvalue weighted by Gasteiger charge is 2.05. The molecule has 1 aromatic rings. The molecule has 4 heteroatoms. The molecule has 3 nitrogen and oxygen atoms in total. The van der Waals surface area contributed by atoms with Gasteiger partial charge in [0, 0.05) is 6.54 Å². The van der Waals surface area contributed by atoms with Gasteiger partial charge in [-0.1, -0.05) is 25.5 Å². The summed E-state index contributed by atoms with van der Waals surface area (Å²) < 4.78 is 0. The molecule has 0 aromatic heterocycles. The van der Waals surface area contributed by atoms with Crippen LogP contribution in [0.5, 0.6) is 5.75 Å². The zero-order valence-electron chi connectivity index (χ0n) is 9.52. The van der Waals surface area contributed by atoms with Crippen molar-refractivity contribution in [3.8, 4) is 5.75 Å². The molecule has 0 fully saturated rings. The van der Waals surface area contributed by atoms with Gasteiger partial charge in [0.1, 0.15) is 5.75 Å². The Labute approximate surface area is 103 Å². The molecule has 0 aliphatic heterocycles. The van der Waals surface area contributed by atoms with Crippen LogP contribution in [0, 0.1) is 0 Å². The first-order chi connectivity index (χ1) is 7.24. The number of benzene rings is 1. The number of rotatable bonds is 6. The van der Waals surface area contributed by atoms with E-state index in [2.05, 4.69) is 12.2 Å². The summed E-state index contributed by atoms with van der Waals surface area (Å²) in [6, 6.07) is 6.65. The molecule has 0 aliphatic rings. The fraction of sp³-hybridized carbons (Fsp3) is 0.500. The number of phenols is 1. The van der Waals surface area contributed by atoms with Crippen molar-refractivity contribution < 1.29 is 10.2 Å². The number of aliphatic hydroxyl groups is 1. The van der Waals surface area contributed by atoms with Gasteiger partial charge in [-0.2, -0.15) is 0 Å². The van der Waals surface area contributed by atoms with Crippen LogP contribution in [0.1, 0.15) is 31.4 Å². The van der Waals surface area contributed by atoms with E-state index in [1.54, 1.807) is 24.3 Å². The first kappa shape index (κ1) is 15.2. The van der Waals surface area contributed by atoms with Crippen LogP contribution in [0.25, 0.3) is 0 Å². The minimum atomic E-state index is -0.498. The minimum Gasteiger partial charge on any atom is -0.508 e. The number of hydrogen-bond donors (Lipinski definition) is 3. The average Bonchev–Trinajstić information content (AvgIpc) is 2.25. The smallest absolute Gasteiger partial charge is 0.115 e. The van der Waals surface area contributed by atoms with Gasteiger partial charge in [0.15, 0.2) is 0 Å². The number of aromatic hydroxyl groups is 1. The highest BCUT2D eigenvalue weighted by atomic mass is 35.5. The first-order valence-corrected chi connectivity index (χ1v) is 5.41. The number of hydrogen-bond acceptors (Lipinski definition) is 3. The lowest BCUT2D eigenvalue weighted by Crippen LogP contribution is -2.22. The van der Waals surface area contributed by atoms with Crippen molar-refractivity contribution in [3.63, 3.8) is 0 Å². The van der Waals surface area contributed by atoms with E-state index in [1.807, 2.05) is 0 Å². The summed E-state index contributed by atoms with van der Waals surface area (Å²) in [6.07, 6.45) is 1.78. The highest BCUT2D eigenvalue weighted by Crippen LogP contribution is 2.15. The lowest BCUT2D eigenvalue weighted by Gasteiger charge is -2.11. The van der Waals surface area contributed by atoms with Crippen LogP contribution in [0.15, 0.2) is 24.3 Å². The Morgan fingerprint density at radius 3 is 2.44 bits per heavy atom. The molecule has 0 amide bonds. The maximum absolute atomic E-state index is 9.77. The Hall–Kier alpha value is -0.770. The van der Waals surface area contributed by atoms with Crippen molar-refractivity contribution in [2.75, 3.05) is 13.1 Å². The molecule has 1 rings (SSSR count). The predicted molar refractivity (Wildman–Crippen MR) is 68.1 cm³/mol. The second kappa shape index (κ2) is 8.39. The maximum Gasteiger partial charge on any atom is 0.115 e. The van der Waals surface area contributed by atoms with Gasteiger partial charge in [-0.15, -0.1) is 12.4 Å². The molecule has 0 spiro atoms. The fourth-order valence-electron chi connectivity index (χ4n) is 1.35. The van der Waals surface area contributed by atoms with E-state index in [1.165, 1.54) is 0 Å². The Kier molecular flexibility index (Phi) is 7.99. The van der Waals surface area contributed by atoms with E-state index in [0.717, 1.165) is 24.9 Å². The Morgan fingerprint density at radius 2 is 1.88 bits per heavy atom. The van der Waals surface area contributed by atoms with Gasteiger partial charge in [-0.3, -0.25) is 0 Å².